The van der Waals surface area contributed by atoms with Crippen LogP contribution in [0, 0.1) is 23.2 Å². The first-order valence-electron chi connectivity index (χ1n) is 8.26. The van der Waals surface area contributed by atoms with Crippen LogP contribution in [0.1, 0.15) is 60.3 Å². The number of hydrogen-bond donors (Lipinski definition) is 1. The lowest BCUT2D eigenvalue weighted by molar-refractivity contribution is -0.124. The molecule has 0 radical (unpaired) electrons. The average molecular weight is 267 g/mol. The Labute approximate surface area is 119 Å². The van der Waals surface area contributed by atoms with Gasteiger partial charge >= 0.3 is 0 Å². The second-order valence-electron chi connectivity index (χ2n) is 7.90. The highest BCUT2D eigenvalue weighted by atomic mass is 16.5. The Bertz CT molecular complexity index is 287. The minimum absolute atomic E-state index is 0.302. The Morgan fingerprint density at radius 3 is 2.53 bits per heavy atom. The second-order valence-corrected chi connectivity index (χ2v) is 7.90. The van der Waals surface area contributed by atoms with Gasteiger partial charge in [-0.15, -0.1) is 0 Å². The molecule has 0 bridgehead atoms. The zero-order chi connectivity index (χ0) is 14.0. The normalized spacial score (nSPS) is 37.6. The van der Waals surface area contributed by atoms with Crippen molar-refractivity contribution in [3.63, 3.8) is 0 Å². The first-order valence-corrected chi connectivity index (χ1v) is 8.26. The first kappa shape index (κ1) is 15.3. The largest absolute Gasteiger partial charge is 0.377 e. The van der Waals surface area contributed by atoms with Crippen molar-refractivity contribution in [3.05, 3.63) is 0 Å². The van der Waals surface area contributed by atoms with Crippen LogP contribution in [0.15, 0.2) is 0 Å². The molecule has 0 saturated heterocycles. The Balaban J connectivity index is 1.71. The van der Waals surface area contributed by atoms with Crippen LogP contribution in [-0.2, 0) is 4.74 Å². The summed E-state index contributed by atoms with van der Waals surface area (Å²) in [7, 11) is 0. The molecule has 2 nitrogen and oxygen atoms in total. The predicted molar refractivity (Wildman–Crippen MR) is 81.3 cm³/mol. The minimum atomic E-state index is 0.302. The Hall–Kier alpha value is -0.0800. The molecule has 0 spiro atoms. The third-order valence-electron chi connectivity index (χ3n) is 5.47. The summed E-state index contributed by atoms with van der Waals surface area (Å²) in [6, 6.07) is 0.650. The van der Waals surface area contributed by atoms with Crippen molar-refractivity contribution in [1.82, 2.24) is 5.32 Å². The van der Waals surface area contributed by atoms with Gasteiger partial charge in [0.2, 0.25) is 0 Å². The summed E-state index contributed by atoms with van der Waals surface area (Å²) in [5, 5.41) is 3.82. The van der Waals surface area contributed by atoms with Crippen molar-refractivity contribution < 1.29 is 4.74 Å². The Morgan fingerprint density at radius 1 is 1.26 bits per heavy atom. The van der Waals surface area contributed by atoms with Gasteiger partial charge in [0.1, 0.15) is 0 Å². The standard InChI is InChI=1S/C17H33NO/c1-12(2)11-19-16-9-15(17(16,4)5)18-10-14-8-6-7-13(14)3/h12-16,18H,6-11H2,1-5H3. The van der Waals surface area contributed by atoms with E-state index < -0.39 is 0 Å². The molecule has 2 fully saturated rings. The third kappa shape index (κ3) is 3.52. The Morgan fingerprint density at radius 2 is 2.00 bits per heavy atom. The number of hydrogen-bond acceptors (Lipinski definition) is 2. The lowest BCUT2D eigenvalue weighted by Crippen LogP contribution is -2.61. The van der Waals surface area contributed by atoms with Crippen LogP contribution < -0.4 is 5.32 Å². The van der Waals surface area contributed by atoms with Crippen LogP contribution in [0.5, 0.6) is 0 Å². The molecule has 0 aromatic heterocycles. The number of ether oxygens (including phenoxy) is 1. The van der Waals surface area contributed by atoms with Crippen LogP contribution in [-0.4, -0.2) is 25.3 Å². The number of rotatable bonds is 6. The van der Waals surface area contributed by atoms with Gasteiger partial charge < -0.3 is 10.1 Å². The Kier molecular flexibility index (Phi) is 4.94. The maximum Gasteiger partial charge on any atom is 0.0656 e. The van der Waals surface area contributed by atoms with Crippen LogP contribution in [0.2, 0.25) is 0 Å². The number of nitrogens with one attached hydrogen (secondary N) is 1. The molecule has 2 aliphatic rings. The lowest BCUT2D eigenvalue weighted by Gasteiger charge is -2.52. The highest BCUT2D eigenvalue weighted by Gasteiger charge is 2.48. The molecule has 0 aromatic rings. The first-order chi connectivity index (χ1) is 8.91. The molecule has 112 valence electrons. The maximum atomic E-state index is 6.04. The van der Waals surface area contributed by atoms with Gasteiger partial charge in [-0.2, -0.15) is 0 Å². The van der Waals surface area contributed by atoms with Gasteiger partial charge in [0, 0.05) is 18.1 Å². The van der Waals surface area contributed by atoms with E-state index in [1.54, 1.807) is 0 Å². The van der Waals surface area contributed by atoms with E-state index in [1.165, 1.54) is 32.2 Å². The summed E-state index contributed by atoms with van der Waals surface area (Å²) in [6.07, 6.45) is 5.94. The van der Waals surface area contributed by atoms with E-state index in [1.807, 2.05) is 0 Å². The van der Waals surface area contributed by atoms with Crippen molar-refractivity contribution in [2.24, 2.45) is 23.2 Å². The molecule has 19 heavy (non-hydrogen) atoms. The summed E-state index contributed by atoms with van der Waals surface area (Å²) in [6.45, 7) is 13.7. The summed E-state index contributed by atoms with van der Waals surface area (Å²) in [5.74, 6) is 2.47. The van der Waals surface area contributed by atoms with Crippen molar-refractivity contribution in [1.29, 1.82) is 0 Å². The topological polar surface area (TPSA) is 21.3 Å². The van der Waals surface area contributed by atoms with E-state index in [-0.39, 0.29) is 0 Å². The van der Waals surface area contributed by atoms with Gasteiger partial charge in [-0.1, -0.05) is 47.5 Å². The van der Waals surface area contributed by atoms with Gasteiger partial charge in [0.05, 0.1) is 6.10 Å². The van der Waals surface area contributed by atoms with Crippen molar-refractivity contribution in [3.8, 4) is 0 Å². The van der Waals surface area contributed by atoms with Gasteiger partial charge in [-0.3, -0.25) is 0 Å². The lowest BCUT2D eigenvalue weighted by atomic mass is 9.64. The summed E-state index contributed by atoms with van der Waals surface area (Å²) >= 11 is 0. The molecule has 4 atom stereocenters. The fraction of sp³-hybridized carbons (Fsp3) is 1.00. The quantitative estimate of drug-likeness (QED) is 0.789. The zero-order valence-corrected chi connectivity index (χ0v) is 13.5. The molecule has 2 saturated carbocycles. The molecule has 0 aliphatic heterocycles. The van der Waals surface area contributed by atoms with Crippen molar-refractivity contribution >= 4 is 0 Å². The van der Waals surface area contributed by atoms with Crippen LogP contribution in [0.4, 0.5) is 0 Å². The molecule has 0 heterocycles. The van der Waals surface area contributed by atoms with E-state index in [2.05, 4.69) is 39.9 Å². The molecular formula is C17H33NO. The molecular weight excluding hydrogens is 234 g/mol. The molecule has 0 aromatic carbocycles. The molecule has 2 heteroatoms. The van der Waals surface area contributed by atoms with Crippen molar-refractivity contribution in [2.75, 3.05) is 13.2 Å². The molecule has 0 amide bonds. The third-order valence-corrected chi connectivity index (χ3v) is 5.47. The van der Waals surface area contributed by atoms with Gasteiger partial charge in [-0.05, 0) is 37.1 Å². The van der Waals surface area contributed by atoms with Gasteiger partial charge in [0.15, 0.2) is 0 Å². The van der Waals surface area contributed by atoms with Crippen LogP contribution >= 0.6 is 0 Å². The molecule has 1 N–H and O–H groups in total. The summed E-state index contributed by atoms with van der Waals surface area (Å²) < 4.78 is 6.04. The molecule has 2 rings (SSSR count). The smallest absolute Gasteiger partial charge is 0.0656 e. The summed E-state index contributed by atoms with van der Waals surface area (Å²) in [5.41, 5.74) is 0.302. The fourth-order valence-corrected chi connectivity index (χ4v) is 3.64. The monoisotopic (exact) mass is 267 g/mol. The predicted octanol–water partition coefficient (Wildman–Crippen LogP) is 3.85. The maximum absolute atomic E-state index is 6.04. The molecule has 2 aliphatic carbocycles. The molecule has 4 unspecified atom stereocenters. The van der Waals surface area contributed by atoms with E-state index >= 15 is 0 Å². The van der Waals surface area contributed by atoms with Gasteiger partial charge in [0.25, 0.3) is 0 Å². The SMILES string of the molecule is CC(C)COC1CC(NCC2CCCC2C)C1(C)C. The highest BCUT2D eigenvalue weighted by molar-refractivity contribution is 5.03. The average Bonchev–Trinajstić information content (AvgIpc) is 2.72. The van der Waals surface area contributed by atoms with Crippen LogP contribution in [0.25, 0.3) is 0 Å². The fourth-order valence-electron chi connectivity index (χ4n) is 3.64. The second kappa shape index (κ2) is 6.13. The van der Waals surface area contributed by atoms with Crippen LogP contribution in [0.3, 0.4) is 0 Å². The van der Waals surface area contributed by atoms with E-state index in [0.29, 0.717) is 23.5 Å². The van der Waals surface area contributed by atoms with Crippen molar-refractivity contribution in [2.45, 2.75) is 72.4 Å². The minimum Gasteiger partial charge on any atom is -0.377 e. The van der Waals surface area contributed by atoms with E-state index in [0.717, 1.165) is 18.4 Å². The van der Waals surface area contributed by atoms with Gasteiger partial charge in [-0.25, -0.2) is 0 Å². The zero-order valence-electron chi connectivity index (χ0n) is 13.5. The van der Waals surface area contributed by atoms with E-state index in [9.17, 15) is 0 Å². The summed E-state index contributed by atoms with van der Waals surface area (Å²) in [4.78, 5) is 0. The highest BCUT2D eigenvalue weighted by Crippen LogP contribution is 2.43. The van der Waals surface area contributed by atoms with E-state index in [4.69, 9.17) is 4.74 Å².